The van der Waals surface area contributed by atoms with Crippen LogP contribution in [0.1, 0.15) is 41.3 Å². The number of hydrogen-bond acceptors (Lipinski definition) is 1. The van der Waals surface area contributed by atoms with Crippen LogP contribution in [0.15, 0.2) is 24.3 Å². The molecule has 5 bridgehead atoms. The quantitative estimate of drug-likeness (QED) is 0.595. The molecule has 3 aliphatic rings. The van der Waals surface area contributed by atoms with Gasteiger partial charge in [-0.2, -0.15) is 0 Å². The summed E-state index contributed by atoms with van der Waals surface area (Å²) in [4.78, 5) is 4.83. The highest BCUT2D eigenvalue weighted by Gasteiger charge is 2.56. The van der Waals surface area contributed by atoms with Crippen LogP contribution in [-0.4, -0.2) is 4.98 Å². The van der Waals surface area contributed by atoms with Crippen molar-refractivity contribution in [2.24, 2.45) is 0 Å². The second-order valence-corrected chi connectivity index (χ2v) is 5.25. The fourth-order valence-corrected chi connectivity index (χ4v) is 3.80. The van der Waals surface area contributed by atoms with E-state index in [2.05, 4.69) is 31.2 Å². The molecule has 0 saturated heterocycles. The van der Waals surface area contributed by atoms with Gasteiger partial charge in [-0.3, -0.25) is 4.98 Å². The summed E-state index contributed by atoms with van der Waals surface area (Å²) in [5.41, 5.74) is 10.2. The fourth-order valence-electron chi connectivity index (χ4n) is 3.80. The monoisotopic (exact) mass is 205 g/mol. The van der Waals surface area contributed by atoms with Gasteiger partial charge in [-0.15, -0.1) is 0 Å². The van der Waals surface area contributed by atoms with Gasteiger partial charge < -0.3 is 0 Å². The average Bonchev–Trinajstić information content (AvgIpc) is 2.95. The Morgan fingerprint density at radius 1 is 1.19 bits per heavy atom. The molecule has 1 nitrogen and oxygen atoms in total. The maximum absolute atomic E-state index is 4.83. The molecule has 5 rings (SSSR count). The van der Waals surface area contributed by atoms with Crippen LogP contribution in [0.2, 0.25) is 0 Å². The van der Waals surface area contributed by atoms with Crippen molar-refractivity contribution < 1.29 is 0 Å². The third-order valence-corrected chi connectivity index (χ3v) is 4.56. The van der Waals surface area contributed by atoms with Crippen LogP contribution in [-0.2, 0) is 11.8 Å². The molecule has 1 aromatic heterocycles. The molecule has 1 atom stereocenters. The lowest BCUT2D eigenvalue weighted by molar-refractivity contribution is 0.681. The van der Waals surface area contributed by atoms with Crippen LogP contribution in [0.25, 0.3) is 11.3 Å². The van der Waals surface area contributed by atoms with Crippen LogP contribution in [0.5, 0.6) is 0 Å². The lowest BCUT2D eigenvalue weighted by Crippen LogP contribution is -2.16. The maximum Gasteiger partial charge on any atom is 0.0712 e. The Hall–Kier alpha value is -1.63. The minimum absolute atomic E-state index is 0.219. The summed E-state index contributed by atoms with van der Waals surface area (Å²) in [6.45, 7) is 2.28. The zero-order chi connectivity index (χ0) is 10.5. The molecule has 0 N–H and O–H groups in total. The average molecular weight is 205 g/mol. The molecule has 0 saturated carbocycles. The molecule has 76 valence electrons. The Labute approximate surface area is 94.2 Å². The topological polar surface area (TPSA) is 12.9 Å². The predicted molar refractivity (Wildman–Crippen MR) is 62.7 cm³/mol. The third kappa shape index (κ3) is 0.561. The van der Waals surface area contributed by atoms with E-state index in [-0.39, 0.29) is 5.41 Å². The summed E-state index contributed by atoms with van der Waals surface area (Å²) in [5.74, 6) is 0. The first-order valence-corrected chi connectivity index (χ1v) is 6.02. The Bertz CT molecular complexity index is 684. The maximum atomic E-state index is 4.83. The number of pyridine rings is 1. The molecule has 0 spiro atoms. The molecule has 0 amide bonds. The van der Waals surface area contributed by atoms with E-state index in [9.17, 15) is 0 Å². The zero-order valence-electron chi connectivity index (χ0n) is 9.17. The number of rotatable bonds is 1. The predicted octanol–water partition coefficient (Wildman–Crippen LogP) is 3.02. The van der Waals surface area contributed by atoms with Crippen molar-refractivity contribution in [2.45, 2.75) is 25.2 Å². The standard InChI is InChI=1S/C15H11N/c1-2-15-11-5-8-3-9-6-12(16-13(15)7-9)10(4-8)14(11)15/h4-7H,2-3H2,1H3. The van der Waals surface area contributed by atoms with Gasteiger partial charge in [-0.25, -0.2) is 0 Å². The van der Waals surface area contributed by atoms with Gasteiger partial charge in [-0.1, -0.05) is 13.0 Å². The normalized spacial score (nSPS) is 24.8. The van der Waals surface area contributed by atoms with Crippen LogP contribution in [0.3, 0.4) is 0 Å². The first kappa shape index (κ1) is 7.61. The molecule has 2 aromatic rings. The number of nitrogens with zero attached hydrogens (tertiary/aromatic N) is 1. The van der Waals surface area contributed by atoms with Crippen molar-refractivity contribution in [3.8, 4) is 11.3 Å². The molecule has 2 heterocycles. The molecular formula is C15H11N. The van der Waals surface area contributed by atoms with Crippen molar-refractivity contribution in [1.82, 2.24) is 4.98 Å². The molecule has 2 aliphatic carbocycles. The van der Waals surface area contributed by atoms with Gasteiger partial charge in [0.25, 0.3) is 0 Å². The summed E-state index contributed by atoms with van der Waals surface area (Å²) in [5, 5.41) is 0. The summed E-state index contributed by atoms with van der Waals surface area (Å²) in [7, 11) is 0. The highest BCUT2D eigenvalue weighted by Crippen LogP contribution is 2.63. The highest BCUT2D eigenvalue weighted by molar-refractivity contribution is 5.86. The van der Waals surface area contributed by atoms with E-state index in [4.69, 9.17) is 4.98 Å². The Kier molecular flexibility index (Phi) is 0.929. The second-order valence-electron chi connectivity index (χ2n) is 5.25. The van der Waals surface area contributed by atoms with Crippen molar-refractivity contribution in [3.05, 3.63) is 52.2 Å². The minimum Gasteiger partial charge on any atom is -0.251 e. The van der Waals surface area contributed by atoms with Crippen LogP contribution >= 0.6 is 0 Å². The van der Waals surface area contributed by atoms with Gasteiger partial charge in [0.1, 0.15) is 0 Å². The van der Waals surface area contributed by atoms with Crippen LogP contribution in [0, 0.1) is 0 Å². The molecule has 0 radical (unpaired) electrons. The van der Waals surface area contributed by atoms with E-state index in [1.54, 1.807) is 11.1 Å². The summed E-state index contributed by atoms with van der Waals surface area (Å²) in [6, 6.07) is 9.36. The Morgan fingerprint density at radius 3 is 2.94 bits per heavy atom. The lowest BCUT2D eigenvalue weighted by Gasteiger charge is -2.20. The minimum atomic E-state index is 0.219. The van der Waals surface area contributed by atoms with Gasteiger partial charge in [0.15, 0.2) is 0 Å². The highest BCUT2D eigenvalue weighted by atomic mass is 14.8. The van der Waals surface area contributed by atoms with Gasteiger partial charge in [0.2, 0.25) is 0 Å². The number of aromatic nitrogens is 1. The van der Waals surface area contributed by atoms with Crippen LogP contribution in [0.4, 0.5) is 0 Å². The Morgan fingerprint density at radius 2 is 2.06 bits per heavy atom. The number of hydrogen-bond donors (Lipinski definition) is 0. The fraction of sp³-hybridized carbons (Fsp3) is 0.267. The molecule has 1 aromatic carbocycles. The molecule has 16 heavy (non-hydrogen) atoms. The Balaban J connectivity index is 2.08. The smallest absolute Gasteiger partial charge is 0.0712 e. The molecular weight excluding hydrogens is 194 g/mol. The summed E-state index contributed by atoms with van der Waals surface area (Å²) in [6.07, 6.45) is 2.25. The zero-order valence-corrected chi connectivity index (χ0v) is 9.17. The second kappa shape index (κ2) is 1.95. The van der Waals surface area contributed by atoms with E-state index in [1.807, 2.05) is 0 Å². The largest absolute Gasteiger partial charge is 0.251 e. The van der Waals surface area contributed by atoms with Gasteiger partial charge in [-0.05, 0) is 53.3 Å². The summed E-state index contributed by atoms with van der Waals surface area (Å²) < 4.78 is 0. The number of benzene rings is 1. The van der Waals surface area contributed by atoms with Crippen molar-refractivity contribution >= 4 is 0 Å². The van der Waals surface area contributed by atoms with E-state index >= 15 is 0 Å². The molecule has 0 fully saturated rings. The van der Waals surface area contributed by atoms with E-state index in [0.29, 0.717) is 0 Å². The van der Waals surface area contributed by atoms with Gasteiger partial charge in [0.05, 0.1) is 16.8 Å². The molecule has 1 heteroatoms. The molecule has 1 aliphatic heterocycles. The van der Waals surface area contributed by atoms with Gasteiger partial charge in [0, 0.05) is 5.56 Å². The third-order valence-electron chi connectivity index (χ3n) is 4.56. The van der Waals surface area contributed by atoms with Crippen molar-refractivity contribution in [3.63, 3.8) is 0 Å². The van der Waals surface area contributed by atoms with E-state index in [1.165, 1.54) is 28.1 Å². The van der Waals surface area contributed by atoms with Crippen molar-refractivity contribution in [1.29, 1.82) is 0 Å². The van der Waals surface area contributed by atoms with Gasteiger partial charge >= 0.3 is 0 Å². The van der Waals surface area contributed by atoms with E-state index < -0.39 is 0 Å². The number of fused-ring (bicyclic) bond motifs is 5. The van der Waals surface area contributed by atoms with Crippen LogP contribution < -0.4 is 0 Å². The van der Waals surface area contributed by atoms with E-state index in [0.717, 1.165) is 12.8 Å². The first-order chi connectivity index (χ1) is 7.83. The first-order valence-electron chi connectivity index (χ1n) is 6.02. The van der Waals surface area contributed by atoms with Crippen molar-refractivity contribution in [2.75, 3.05) is 0 Å². The molecule has 1 unspecified atom stereocenters. The lowest BCUT2D eigenvalue weighted by atomic mass is 9.87. The summed E-state index contributed by atoms with van der Waals surface area (Å²) >= 11 is 0. The SMILES string of the molecule is CCC12c3cc4cc(n3)-c3cc(cc1c32)C4.